The lowest BCUT2D eigenvalue weighted by atomic mass is 10.1. The summed E-state index contributed by atoms with van der Waals surface area (Å²) in [6.45, 7) is 7.57. The summed E-state index contributed by atoms with van der Waals surface area (Å²) in [6.07, 6.45) is 1.64. The molecule has 2 atom stereocenters. The largest absolute Gasteiger partial charge is 0.419 e. The number of ether oxygens (including phenoxy) is 1. The van der Waals surface area contributed by atoms with Crippen LogP contribution in [-0.2, 0) is 15.9 Å². The van der Waals surface area contributed by atoms with Crippen LogP contribution in [0.5, 0.6) is 0 Å². The summed E-state index contributed by atoms with van der Waals surface area (Å²) in [5, 5.41) is 16.8. The van der Waals surface area contributed by atoms with E-state index in [9.17, 15) is 4.55 Å². The van der Waals surface area contributed by atoms with Crippen molar-refractivity contribution < 1.29 is 9.29 Å². The quantitative estimate of drug-likeness (QED) is 0.246. The predicted octanol–water partition coefficient (Wildman–Crippen LogP) is 4.70. The molecule has 1 heterocycles. The second-order valence-corrected chi connectivity index (χ2v) is 9.79. The Balaban J connectivity index is 1.81. The van der Waals surface area contributed by atoms with Crippen molar-refractivity contribution in [2.75, 3.05) is 0 Å². The normalized spacial score (nSPS) is 13.0. The summed E-state index contributed by atoms with van der Waals surface area (Å²) >= 11 is -0.817. The van der Waals surface area contributed by atoms with Gasteiger partial charge in [0.25, 0.3) is 0 Å². The van der Waals surface area contributed by atoms with Gasteiger partial charge >= 0.3 is 0 Å². The molecule has 0 aliphatic carbocycles. The van der Waals surface area contributed by atoms with Crippen LogP contribution >= 0.6 is 0 Å². The molecule has 1 aromatic heterocycles. The van der Waals surface area contributed by atoms with Crippen LogP contribution in [0.2, 0.25) is 0 Å². The molecule has 0 amide bonds. The number of aryl methyl sites for hydroxylation is 1. The number of rotatable bonds is 6. The summed E-state index contributed by atoms with van der Waals surface area (Å²) in [4.78, 5) is 9.78. The molecular weight excluding hydrogens is 422 g/mol. The van der Waals surface area contributed by atoms with E-state index >= 15 is 0 Å². The lowest BCUT2D eigenvalue weighted by molar-refractivity contribution is 0.534. The highest BCUT2D eigenvalue weighted by Gasteiger charge is 2.24. The van der Waals surface area contributed by atoms with E-state index in [0.29, 0.717) is 17.0 Å². The van der Waals surface area contributed by atoms with Crippen molar-refractivity contribution in [3.8, 4) is 11.3 Å². The molecular formula is C24H28N5O2S+. The van der Waals surface area contributed by atoms with E-state index in [1.54, 1.807) is 25.3 Å². The molecule has 0 radical (unpaired) electrons. The Bertz CT molecular complexity index is 1130. The number of benzene rings is 2. The van der Waals surface area contributed by atoms with Crippen molar-refractivity contribution in [2.24, 2.45) is 5.73 Å². The Morgan fingerprint density at radius 2 is 1.75 bits per heavy atom. The van der Waals surface area contributed by atoms with Gasteiger partial charge in [-0.2, -0.15) is 4.55 Å². The van der Waals surface area contributed by atoms with Gasteiger partial charge in [0.05, 0.1) is 17.6 Å². The van der Waals surface area contributed by atoms with Crippen LogP contribution in [0.3, 0.4) is 0 Å². The number of aromatic nitrogens is 2. The van der Waals surface area contributed by atoms with Crippen LogP contribution in [0, 0.1) is 17.7 Å². The monoisotopic (exact) mass is 450 g/mol. The Morgan fingerprint density at radius 3 is 2.38 bits per heavy atom. The van der Waals surface area contributed by atoms with Crippen LogP contribution in [-0.4, -0.2) is 31.6 Å². The molecule has 3 rings (SSSR count). The number of hydrogen-bond donors (Lipinski definition) is 4. The van der Waals surface area contributed by atoms with Gasteiger partial charge in [-0.05, 0) is 69.7 Å². The third-order valence-electron chi connectivity index (χ3n) is 4.89. The SMILES string of the molecule is Cc1ncc(-c2ccc([S+](O)C(C)C)cc2)nc1C(=N)OC(=N)c1cccc(C(C)N)c1. The second kappa shape index (κ2) is 10.0. The average Bonchev–Trinajstić information content (AvgIpc) is 2.78. The summed E-state index contributed by atoms with van der Waals surface area (Å²) in [5.74, 6) is -0.404. The fourth-order valence-electron chi connectivity index (χ4n) is 3.01. The van der Waals surface area contributed by atoms with Crippen LogP contribution in [0.25, 0.3) is 11.3 Å². The van der Waals surface area contributed by atoms with Crippen molar-refractivity contribution >= 4 is 23.0 Å². The molecule has 7 nitrogen and oxygen atoms in total. The van der Waals surface area contributed by atoms with E-state index in [-0.39, 0.29) is 28.8 Å². The van der Waals surface area contributed by atoms with Crippen molar-refractivity contribution in [1.82, 2.24) is 9.97 Å². The maximum Gasteiger partial charge on any atom is 0.241 e. The van der Waals surface area contributed by atoms with Gasteiger partial charge in [0.15, 0.2) is 21.3 Å². The first-order chi connectivity index (χ1) is 15.2. The lowest BCUT2D eigenvalue weighted by Gasteiger charge is -2.12. The van der Waals surface area contributed by atoms with Crippen molar-refractivity contribution in [3.05, 3.63) is 77.2 Å². The zero-order valence-electron chi connectivity index (χ0n) is 18.6. The van der Waals surface area contributed by atoms with Crippen molar-refractivity contribution in [2.45, 2.75) is 43.9 Å². The van der Waals surface area contributed by atoms with Gasteiger partial charge in [0.1, 0.15) is 5.69 Å². The van der Waals surface area contributed by atoms with E-state index < -0.39 is 11.2 Å². The number of nitrogens with two attached hydrogens (primary N) is 1. The fraction of sp³-hybridized carbons (Fsp3) is 0.250. The van der Waals surface area contributed by atoms with Crippen molar-refractivity contribution in [1.29, 1.82) is 10.8 Å². The van der Waals surface area contributed by atoms with Gasteiger partial charge in [0, 0.05) is 17.2 Å². The van der Waals surface area contributed by atoms with Gasteiger partial charge in [0.2, 0.25) is 11.8 Å². The van der Waals surface area contributed by atoms with Gasteiger partial charge in [-0.3, -0.25) is 15.8 Å². The molecule has 32 heavy (non-hydrogen) atoms. The molecule has 8 heteroatoms. The topological polar surface area (TPSA) is 129 Å². The third-order valence-corrected chi connectivity index (χ3v) is 6.54. The van der Waals surface area contributed by atoms with Gasteiger partial charge < -0.3 is 10.5 Å². The first-order valence-corrected chi connectivity index (χ1v) is 11.5. The summed E-state index contributed by atoms with van der Waals surface area (Å²) in [6, 6.07) is 14.6. The van der Waals surface area contributed by atoms with Crippen molar-refractivity contribution in [3.63, 3.8) is 0 Å². The van der Waals surface area contributed by atoms with Crippen LogP contribution in [0.1, 0.15) is 49.3 Å². The van der Waals surface area contributed by atoms with Gasteiger partial charge in [-0.25, -0.2) is 4.98 Å². The fourth-order valence-corrected chi connectivity index (χ4v) is 3.97. The van der Waals surface area contributed by atoms with Gasteiger partial charge in [-0.1, -0.05) is 12.1 Å². The summed E-state index contributed by atoms with van der Waals surface area (Å²) in [5.41, 5.74) is 9.53. The summed E-state index contributed by atoms with van der Waals surface area (Å²) in [7, 11) is 0. The van der Waals surface area contributed by atoms with E-state index in [4.69, 9.17) is 21.3 Å². The molecule has 0 aliphatic heterocycles. The Kier molecular flexibility index (Phi) is 7.40. The van der Waals surface area contributed by atoms with E-state index in [1.165, 1.54) is 0 Å². The van der Waals surface area contributed by atoms with E-state index in [0.717, 1.165) is 16.0 Å². The first-order valence-electron chi connectivity index (χ1n) is 10.2. The van der Waals surface area contributed by atoms with Gasteiger partial charge in [-0.15, -0.1) is 0 Å². The predicted molar refractivity (Wildman–Crippen MR) is 129 cm³/mol. The molecule has 5 N–H and O–H groups in total. The highest BCUT2D eigenvalue weighted by molar-refractivity contribution is 7.92. The minimum Gasteiger partial charge on any atom is -0.419 e. The maximum absolute atomic E-state index is 10.3. The lowest BCUT2D eigenvalue weighted by Crippen LogP contribution is -2.17. The van der Waals surface area contributed by atoms with E-state index in [2.05, 4.69) is 9.97 Å². The van der Waals surface area contributed by atoms with Crippen LogP contribution in [0.15, 0.2) is 59.6 Å². The molecule has 2 aromatic carbocycles. The Hall–Kier alpha value is -3.07. The molecule has 2 unspecified atom stereocenters. The molecule has 0 fully saturated rings. The molecule has 166 valence electrons. The molecule has 0 saturated carbocycles. The standard InChI is InChI=1S/C24H28N5O2S/c1-14(2)32(30)20-10-8-17(9-11-20)21-13-28-16(4)22(29-21)24(27)31-23(26)19-7-5-6-18(12-19)15(3)25/h5-15,26-27,30H,25H2,1-4H3/q+1. The minimum absolute atomic E-state index is 0.147. The maximum atomic E-state index is 10.3. The number of hydrogen-bond acceptors (Lipinski definition) is 7. The number of nitrogens with zero attached hydrogens (tertiary/aromatic N) is 2. The zero-order valence-corrected chi connectivity index (χ0v) is 19.4. The zero-order chi connectivity index (χ0) is 23.4. The second-order valence-electron chi connectivity index (χ2n) is 7.75. The molecule has 0 spiro atoms. The van der Waals surface area contributed by atoms with Crippen LogP contribution in [0.4, 0.5) is 0 Å². The first kappa shape index (κ1) is 23.6. The molecule has 0 aliphatic rings. The average molecular weight is 451 g/mol. The molecule has 0 saturated heterocycles. The van der Waals surface area contributed by atoms with E-state index in [1.807, 2.05) is 57.2 Å². The van der Waals surface area contributed by atoms with Crippen LogP contribution < -0.4 is 5.73 Å². The highest BCUT2D eigenvalue weighted by Crippen LogP contribution is 2.23. The third kappa shape index (κ3) is 5.40. The Labute approximate surface area is 191 Å². The minimum atomic E-state index is -0.817. The number of nitrogens with one attached hydrogen (secondary N) is 2. The highest BCUT2D eigenvalue weighted by atomic mass is 32.2. The molecule has 3 aromatic rings. The summed E-state index contributed by atoms with van der Waals surface area (Å²) < 4.78 is 15.8. The smallest absolute Gasteiger partial charge is 0.241 e. The Morgan fingerprint density at radius 1 is 1.06 bits per heavy atom. The molecule has 0 bridgehead atoms.